The predicted octanol–water partition coefficient (Wildman–Crippen LogP) is 7.19. The second-order valence-corrected chi connectivity index (χ2v) is 9.74. The molecule has 196 valence electrons. The Kier molecular flexibility index (Phi) is 7.47. The fourth-order valence-electron chi connectivity index (χ4n) is 5.21. The molecule has 0 bridgehead atoms. The van der Waals surface area contributed by atoms with E-state index in [4.69, 9.17) is 20.0 Å². The van der Waals surface area contributed by atoms with Gasteiger partial charge in [0.1, 0.15) is 53.1 Å². The van der Waals surface area contributed by atoms with Gasteiger partial charge in [-0.3, -0.25) is 4.79 Å². The lowest BCUT2D eigenvalue weighted by atomic mass is 9.65. The number of nitriles is 4. The highest BCUT2D eigenvalue weighted by molar-refractivity contribution is 5.80. The van der Waals surface area contributed by atoms with Crippen LogP contribution in [-0.4, -0.2) is 5.78 Å². The van der Waals surface area contributed by atoms with Crippen molar-refractivity contribution in [2.24, 2.45) is 0 Å². The van der Waals surface area contributed by atoms with Gasteiger partial charge in [-0.25, -0.2) is 0 Å². The summed E-state index contributed by atoms with van der Waals surface area (Å²) >= 11 is 0. The van der Waals surface area contributed by atoms with Gasteiger partial charge in [-0.1, -0.05) is 24.3 Å². The van der Waals surface area contributed by atoms with E-state index in [-0.39, 0.29) is 22.3 Å². The Morgan fingerprint density at radius 1 is 0.512 bits per heavy atom. The average molecular weight is 535 g/mol. The number of carbonyl (C=O) groups is 1. The first-order valence-corrected chi connectivity index (χ1v) is 12.9. The van der Waals surface area contributed by atoms with E-state index in [1.54, 1.807) is 36.4 Å². The third-order valence-electron chi connectivity index (χ3n) is 7.41. The van der Waals surface area contributed by atoms with Gasteiger partial charge in [0.2, 0.25) is 0 Å². The van der Waals surface area contributed by atoms with E-state index in [0.29, 0.717) is 59.8 Å². The smallest absolute Gasteiger partial charge is 0.133 e. The third kappa shape index (κ3) is 5.48. The number of ketones is 1. The fourth-order valence-corrected chi connectivity index (χ4v) is 5.21. The van der Waals surface area contributed by atoms with E-state index in [0.717, 1.165) is 11.1 Å². The molecular formula is C34H22N4O3. The molecule has 1 saturated carbocycles. The second-order valence-electron chi connectivity index (χ2n) is 9.74. The number of nitrogens with zero attached hydrogens (tertiary/aromatic N) is 4. The third-order valence-corrected chi connectivity index (χ3v) is 7.41. The van der Waals surface area contributed by atoms with Gasteiger partial charge in [0.15, 0.2) is 0 Å². The zero-order valence-corrected chi connectivity index (χ0v) is 21.9. The molecule has 1 aliphatic rings. The van der Waals surface area contributed by atoms with Gasteiger partial charge < -0.3 is 9.47 Å². The lowest BCUT2D eigenvalue weighted by Crippen LogP contribution is -2.33. The summed E-state index contributed by atoms with van der Waals surface area (Å²) < 4.78 is 11.9. The van der Waals surface area contributed by atoms with Crippen LogP contribution in [0.5, 0.6) is 23.0 Å². The van der Waals surface area contributed by atoms with E-state index in [1.165, 1.54) is 0 Å². The lowest BCUT2D eigenvalue weighted by molar-refractivity contribution is -0.121. The van der Waals surface area contributed by atoms with E-state index in [2.05, 4.69) is 0 Å². The molecule has 0 amide bonds. The highest BCUT2D eigenvalue weighted by Gasteiger charge is 2.38. The molecule has 0 atom stereocenters. The molecule has 1 fully saturated rings. The van der Waals surface area contributed by atoms with Crippen LogP contribution in [0.4, 0.5) is 0 Å². The van der Waals surface area contributed by atoms with Gasteiger partial charge in [-0.05, 0) is 84.6 Å². The van der Waals surface area contributed by atoms with Gasteiger partial charge in [0.05, 0.1) is 22.3 Å². The number of carbonyl (C=O) groups excluding carboxylic acids is 1. The summed E-state index contributed by atoms with van der Waals surface area (Å²) in [5.41, 5.74) is 2.86. The molecule has 0 unspecified atom stereocenters. The molecule has 41 heavy (non-hydrogen) atoms. The summed E-state index contributed by atoms with van der Waals surface area (Å²) in [4.78, 5) is 12.2. The summed E-state index contributed by atoms with van der Waals surface area (Å²) in [6.45, 7) is 0. The van der Waals surface area contributed by atoms with Crippen LogP contribution in [0.1, 0.15) is 59.1 Å². The highest BCUT2D eigenvalue weighted by Crippen LogP contribution is 2.45. The number of hydrogen-bond donors (Lipinski definition) is 0. The van der Waals surface area contributed by atoms with Crippen LogP contribution >= 0.6 is 0 Å². The summed E-state index contributed by atoms with van der Waals surface area (Å²) in [6, 6.07) is 33.0. The molecule has 1 aliphatic carbocycles. The minimum atomic E-state index is -0.365. The van der Waals surface area contributed by atoms with Crippen LogP contribution in [0.2, 0.25) is 0 Å². The Hall–Kier alpha value is -5.89. The Balaban J connectivity index is 1.40. The molecule has 0 aliphatic heterocycles. The van der Waals surface area contributed by atoms with Crippen molar-refractivity contribution >= 4 is 5.78 Å². The Morgan fingerprint density at radius 3 is 1.24 bits per heavy atom. The van der Waals surface area contributed by atoms with Crippen molar-refractivity contribution in [2.45, 2.75) is 31.1 Å². The van der Waals surface area contributed by atoms with Gasteiger partial charge in [0, 0.05) is 18.3 Å². The van der Waals surface area contributed by atoms with Crippen LogP contribution in [0.25, 0.3) is 0 Å². The van der Waals surface area contributed by atoms with Crippen LogP contribution in [0.3, 0.4) is 0 Å². The molecule has 0 heterocycles. The standard InChI is InChI=1S/C34H22N4O3/c35-19-23-1-7-32(17-25(23)21-37)40-30-9-3-27(4-10-30)34(15-13-29(39)14-16-34)28-5-11-31(12-6-28)41-33-8-2-24(20-36)26(18-33)22-38/h1-12,17-18H,13-16H2. The second kappa shape index (κ2) is 11.5. The van der Waals surface area contributed by atoms with Crippen molar-refractivity contribution in [1.29, 1.82) is 21.0 Å². The molecule has 7 heteroatoms. The minimum Gasteiger partial charge on any atom is -0.457 e. The van der Waals surface area contributed by atoms with E-state index < -0.39 is 0 Å². The normalized spacial score (nSPS) is 13.6. The number of hydrogen-bond acceptors (Lipinski definition) is 7. The molecule has 0 spiro atoms. The summed E-state index contributed by atoms with van der Waals surface area (Å²) in [5.74, 6) is 2.36. The zero-order valence-electron chi connectivity index (χ0n) is 21.9. The first-order valence-electron chi connectivity index (χ1n) is 12.9. The van der Waals surface area contributed by atoms with Crippen LogP contribution in [0.15, 0.2) is 84.9 Å². The van der Waals surface area contributed by atoms with Crippen molar-refractivity contribution in [3.8, 4) is 47.3 Å². The lowest BCUT2D eigenvalue weighted by Gasteiger charge is -2.38. The average Bonchev–Trinajstić information content (AvgIpc) is 3.02. The van der Waals surface area contributed by atoms with Gasteiger partial charge in [-0.2, -0.15) is 21.0 Å². The number of ether oxygens (including phenoxy) is 2. The Labute approximate surface area is 237 Å². The Bertz CT molecular complexity index is 1670. The number of Topliss-reactive ketones (excluding diaryl/α,β-unsaturated/α-hetero) is 1. The minimum absolute atomic E-state index is 0.253. The highest BCUT2D eigenvalue weighted by atomic mass is 16.5. The maximum atomic E-state index is 12.2. The van der Waals surface area contributed by atoms with E-state index in [1.807, 2.05) is 72.8 Å². The number of rotatable bonds is 6. The molecule has 0 N–H and O–H groups in total. The van der Waals surface area contributed by atoms with Crippen molar-refractivity contribution in [3.05, 3.63) is 118 Å². The molecule has 0 radical (unpaired) electrons. The summed E-state index contributed by atoms with van der Waals surface area (Å²) in [6.07, 6.45) is 2.32. The molecule has 0 saturated heterocycles. The maximum absolute atomic E-state index is 12.2. The maximum Gasteiger partial charge on any atom is 0.133 e. The quantitative estimate of drug-likeness (QED) is 0.256. The largest absolute Gasteiger partial charge is 0.457 e. The molecule has 5 rings (SSSR count). The van der Waals surface area contributed by atoms with E-state index >= 15 is 0 Å². The molecule has 7 nitrogen and oxygen atoms in total. The van der Waals surface area contributed by atoms with Gasteiger partial charge in [0.25, 0.3) is 0 Å². The summed E-state index contributed by atoms with van der Waals surface area (Å²) in [7, 11) is 0. The molecule has 0 aromatic heterocycles. The van der Waals surface area contributed by atoms with Crippen molar-refractivity contribution in [1.82, 2.24) is 0 Å². The van der Waals surface area contributed by atoms with Gasteiger partial charge >= 0.3 is 0 Å². The van der Waals surface area contributed by atoms with Crippen LogP contribution in [0, 0.1) is 45.3 Å². The molecule has 4 aromatic rings. The van der Waals surface area contributed by atoms with Crippen LogP contribution < -0.4 is 9.47 Å². The topological polar surface area (TPSA) is 131 Å². The van der Waals surface area contributed by atoms with Gasteiger partial charge in [-0.15, -0.1) is 0 Å². The Morgan fingerprint density at radius 2 is 0.878 bits per heavy atom. The van der Waals surface area contributed by atoms with E-state index in [9.17, 15) is 15.3 Å². The monoisotopic (exact) mass is 534 g/mol. The van der Waals surface area contributed by atoms with Crippen molar-refractivity contribution in [3.63, 3.8) is 0 Å². The molecule has 4 aromatic carbocycles. The fraction of sp³-hybridized carbons (Fsp3) is 0.147. The molecular weight excluding hydrogens is 512 g/mol. The zero-order chi connectivity index (χ0) is 28.8. The first kappa shape index (κ1) is 26.7. The number of benzene rings is 4. The first-order chi connectivity index (χ1) is 20.0. The van der Waals surface area contributed by atoms with Crippen LogP contribution in [-0.2, 0) is 10.2 Å². The van der Waals surface area contributed by atoms with Crippen molar-refractivity contribution in [2.75, 3.05) is 0 Å². The predicted molar refractivity (Wildman–Crippen MR) is 149 cm³/mol. The summed E-state index contributed by atoms with van der Waals surface area (Å²) in [5, 5.41) is 36.9. The SMILES string of the molecule is N#Cc1ccc(Oc2ccc(C3(c4ccc(Oc5ccc(C#N)c(C#N)c5)cc4)CCC(=O)CC3)cc2)cc1C#N. The van der Waals surface area contributed by atoms with Crippen molar-refractivity contribution < 1.29 is 14.3 Å².